The average molecular weight is 292 g/mol. The number of likely N-dealkylation sites (tertiary alicyclic amines) is 2. The molecule has 2 fully saturated rings. The number of hydrogen-bond donors (Lipinski definition) is 1. The van der Waals surface area contributed by atoms with E-state index in [4.69, 9.17) is 0 Å². The maximum atomic E-state index is 13.3. The van der Waals surface area contributed by atoms with Crippen LogP contribution in [0.25, 0.3) is 0 Å². The van der Waals surface area contributed by atoms with Gasteiger partial charge in [0, 0.05) is 18.7 Å². The monoisotopic (exact) mass is 292 g/mol. The number of piperidine rings is 1. The minimum absolute atomic E-state index is 0.184. The van der Waals surface area contributed by atoms with E-state index in [2.05, 4.69) is 9.80 Å². The van der Waals surface area contributed by atoms with Crippen LogP contribution in [0.5, 0.6) is 5.75 Å². The normalized spacial score (nSPS) is 22.0. The van der Waals surface area contributed by atoms with E-state index < -0.39 is 5.82 Å². The highest BCUT2D eigenvalue weighted by atomic mass is 19.1. The fourth-order valence-electron chi connectivity index (χ4n) is 3.59. The van der Waals surface area contributed by atoms with Crippen LogP contribution < -0.4 is 0 Å². The molecule has 2 heterocycles. The minimum Gasteiger partial charge on any atom is -0.505 e. The molecule has 0 saturated carbocycles. The second-order valence-corrected chi connectivity index (χ2v) is 6.47. The Balaban J connectivity index is 1.48. The van der Waals surface area contributed by atoms with Gasteiger partial charge in [0.2, 0.25) is 0 Å². The average Bonchev–Trinajstić information content (AvgIpc) is 2.99. The van der Waals surface area contributed by atoms with Crippen LogP contribution in [0.15, 0.2) is 18.2 Å². The number of nitrogens with zero attached hydrogens (tertiary/aromatic N) is 2. The first-order valence-corrected chi connectivity index (χ1v) is 8.13. The highest BCUT2D eigenvalue weighted by Gasteiger charge is 2.23. The third-order valence-electron chi connectivity index (χ3n) is 4.89. The first-order valence-electron chi connectivity index (χ1n) is 8.13. The predicted octanol–water partition coefficient (Wildman–Crippen LogP) is 2.84. The van der Waals surface area contributed by atoms with Gasteiger partial charge < -0.3 is 10.0 Å². The molecule has 0 amide bonds. The third kappa shape index (κ3) is 3.74. The van der Waals surface area contributed by atoms with Crippen LogP contribution in [0.2, 0.25) is 0 Å². The molecule has 1 aromatic rings. The number of halogens is 1. The predicted molar refractivity (Wildman–Crippen MR) is 81.7 cm³/mol. The summed E-state index contributed by atoms with van der Waals surface area (Å²) in [5.41, 5.74) is 0.702. The molecule has 116 valence electrons. The van der Waals surface area contributed by atoms with Crippen LogP contribution in [-0.4, -0.2) is 47.6 Å². The lowest BCUT2D eigenvalue weighted by Crippen LogP contribution is -2.37. The molecule has 0 unspecified atom stereocenters. The fraction of sp³-hybridized carbons (Fsp3) is 0.647. The van der Waals surface area contributed by atoms with Crippen LogP contribution in [-0.2, 0) is 6.54 Å². The smallest absolute Gasteiger partial charge is 0.165 e. The molecule has 2 saturated heterocycles. The van der Waals surface area contributed by atoms with Crippen LogP contribution in [0.1, 0.15) is 31.2 Å². The highest BCUT2D eigenvalue weighted by Crippen LogP contribution is 2.25. The summed E-state index contributed by atoms with van der Waals surface area (Å²) < 4.78 is 13.3. The number of benzene rings is 1. The number of hydrogen-bond acceptors (Lipinski definition) is 3. The molecule has 0 bridgehead atoms. The molecule has 0 aromatic heterocycles. The van der Waals surface area contributed by atoms with Gasteiger partial charge in [-0.25, -0.2) is 4.39 Å². The lowest BCUT2D eigenvalue weighted by atomic mass is 9.96. The number of para-hydroxylation sites is 1. The van der Waals surface area contributed by atoms with Crippen molar-refractivity contribution in [1.82, 2.24) is 9.80 Å². The zero-order valence-electron chi connectivity index (χ0n) is 12.6. The maximum absolute atomic E-state index is 13.3. The van der Waals surface area contributed by atoms with Gasteiger partial charge in [-0.05, 0) is 63.8 Å². The molecule has 21 heavy (non-hydrogen) atoms. The minimum atomic E-state index is -0.517. The summed E-state index contributed by atoms with van der Waals surface area (Å²) in [7, 11) is 0. The van der Waals surface area contributed by atoms with Crippen molar-refractivity contribution in [3.05, 3.63) is 29.6 Å². The van der Waals surface area contributed by atoms with Gasteiger partial charge in [-0.1, -0.05) is 12.1 Å². The van der Waals surface area contributed by atoms with Gasteiger partial charge >= 0.3 is 0 Å². The van der Waals surface area contributed by atoms with Gasteiger partial charge in [0.25, 0.3) is 0 Å². The van der Waals surface area contributed by atoms with Crippen LogP contribution in [0.4, 0.5) is 4.39 Å². The van der Waals surface area contributed by atoms with E-state index in [0.29, 0.717) is 12.1 Å². The standard InChI is InChI=1S/C17H25FN2O/c18-16-5-3-4-15(17(16)21)13-20-10-6-14(7-11-20)12-19-8-1-2-9-19/h3-5,14,21H,1-2,6-13H2. The topological polar surface area (TPSA) is 26.7 Å². The largest absolute Gasteiger partial charge is 0.505 e. The van der Waals surface area contributed by atoms with Crippen molar-refractivity contribution in [3.63, 3.8) is 0 Å². The van der Waals surface area contributed by atoms with E-state index in [-0.39, 0.29) is 5.75 Å². The number of aromatic hydroxyl groups is 1. The molecule has 0 atom stereocenters. The zero-order chi connectivity index (χ0) is 14.7. The van der Waals surface area contributed by atoms with Crippen molar-refractivity contribution in [2.45, 2.75) is 32.2 Å². The highest BCUT2D eigenvalue weighted by molar-refractivity contribution is 5.33. The van der Waals surface area contributed by atoms with Crippen LogP contribution in [0.3, 0.4) is 0 Å². The summed E-state index contributed by atoms with van der Waals surface area (Å²) in [6, 6.07) is 4.79. The molecule has 0 spiro atoms. The Morgan fingerprint density at radius 3 is 2.48 bits per heavy atom. The van der Waals surface area contributed by atoms with Gasteiger partial charge in [0.15, 0.2) is 11.6 Å². The Morgan fingerprint density at radius 2 is 1.76 bits per heavy atom. The molecule has 2 aliphatic rings. The molecule has 3 nitrogen and oxygen atoms in total. The zero-order valence-corrected chi connectivity index (χ0v) is 12.6. The molecular formula is C17H25FN2O. The number of phenols is 1. The summed E-state index contributed by atoms with van der Waals surface area (Å²) in [4.78, 5) is 4.92. The van der Waals surface area contributed by atoms with Gasteiger partial charge in [-0.15, -0.1) is 0 Å². The van der Waals surface area contributed by atoms with Crippen molar-refractivity contribution in [2.75, 3.05) is 32.7 Å². The van der Waals surface area contributed by atoms with E-state index >= 15 is 0 Å². The maximum Gasteiger partial charge on any atom is 0.165 e. The van der Waals surface area contributed by atoms with Gasteiger partial charge in [-0.3, -0.25) is 4.90 Å². The summed E-state index contributed by atoms with van der Waals surface area (Å²) in [6.07, 6.45) is 5.15. The molecular weight excluding hydrogens is 267 g/mol. The molecule has 1 aromatic carbocycles. The van der Waals surface area contributed by atoms with E-state index in [9.17, 15) is 9.50 Å². The summed E-state index contributed by atoms with van der Waals surface area (Å²) in [5, 5.41) is 9.76. The van der Waals surface area contributed by atoms with Crippen molar-refractivity contribution < 1.29 is 9.50 Å². The van der Waals surface area contributed by atoms with Crippen molar-refractivity contribution in [3.8, 4) is 5.75 Å². The second kappa shape index (κ2) is 6.75. The molecule has 1 N–H and O–H groups in total. The van der Waals surface area contributed by atoms with Gasteiger partial charge in [0.05, 0.1) is 0 Å². The van der Waals surface area contributed by atoms with Crippen LogP contribution >= 0.6 is 0 Å². The summed E-state index contributed by atoms with van der Waals surface area (Å²) in [5.74, 6) is 0.105. The van der Waals surface area contributed by atoms with E-state index in [1.807, 2.05) is 6.07 Å². The molecule has 3 rings (SSSR count). The Labute approximate surface area is 126 Å². The van der Waals surface area contributed by atoms with Crippen molar-refractivity contribution >= 4 is 0 Å². The first-order chi connectivity index (χ1) is 10.2. The van der Waals surface area contributed by atoms with Crippen molar-refractivity contribution in [2.24, 2.45) is 5.92 Å². The lowest BCUT2D eigenvalue weighted by molar-refractivity contribution is 0.148. The van der Waals surface area contributed by atoms with Gasteiger partial charge in [-0.2, -0.15) is 0 Å². The molecule has 0 aliphatic carbocycles. The second-order valence-electron chi connectivity index (χ2n) is 6.47. The Bertz CT molecular complexity index is 466. The Morgan fingerprint density at radius 1 is 1.05 bits per heavy atom. The Kier molecular flexibility index (Phi) is 4.76. The number of rotatable bonds is 4. The van der Waals surface area contributed by atoms with E-state index in [1.54, 1.807) is 6.07 Å². The Hall–Kier alpha value is -1.13. The van der Waals surface area contributed by atoms with Crippen molar-refractivity contribution in [1.29, 1.82) is 0 Å². The first kappa shape index (κ1) is 14.8. The van der Waals surface area contributed by atoms with E-state index in [1.165, 1.54) is 51.4 Å². The molecule has 4 heteroatoms. The SMILES string of the molecule is Oc1c(F)cccc1CN1CCC(CN2CCCC2)CC1. The fourth-order valence-corrected chi connectivity index (χ4v) is 3.59. The summed E-state index contributed by atoms with van der Waals surface area (Å²) in [6.45, 7) is 6.55. The summed E-state index contributed by atoms with van der Waals surface area (Å²) >= 11 is 0. The van der Waals surface area contributed by atoms with E-state index in [0.717, 1.165) is 19.0 Å². The third-order valence-corrected chi connectivity index (χ3v) is 4.89. The quantitative estimate of drug-likeness (QED) is 0.924. The molecule has 0 radical (unpaired) electrons. The lowest BCUT2D eigenvalue weighted by Gasteiger charge is -2.34. The molecule has 2 aliphatic heterocycles. The van der Waals surface area contributed by atoms with Crippen LogP contribution in [0, 0.1) is 11.7 Å². The van der Waals surface area contributed by atoms with Gasteiger partial charge in [0.1, 0.15) is 0 Å². The number of phenolic OH excluding ortho intramolecular Hbond substituents is 1.